The standard InChI is InChI=1S/C22H28FN5O2/c1-24-22(26-16-21(29)27-19-5-3-2-4-6-19)25-15-20(28-11-13-30-14-12-28)17-7-9-18(23)10-8-17/h2-10,20H,11-16H2,1H3,(H,27,29)(H2,24,25,26). The van der Waals surface area contributed by atoms with Crippen molar-refractivity contribution in [1.82, 2.24) is 15.5 Å². The molecule has 8 heteroatoms. The number of hydrogen-bond acceptors (Lipinski definition) is 4. The lowest BCUT2D eigenvalue weighted by Gasteiger charge is -2.35. The second-order valence-electron chi connectivity index (χ2n) is 6.94. The van der Waals surface area contributed by atoms with Crippen LogP contribution in [0.3, 0.4) is 0 Å². The molecule has 2 aromatic carbocycles. The second-order valence-corrected chi connectivity index (χ2v) is 6.94. The van der Waals surface area contributed by atoms with Crippen LogP contribution >= 0.6 is 0 Å². The first kappa shape index (κ1) is 21.7. The van der Waals surface area contributed by atoms with Crippen LogP contribution in [0.1, 0.15) is 11.6 Å². The number of anilines is 1. The number of amides is 1. The van der Waals surface area contributed by atoms with E-state index in [0.717, 1.165) is 24.3 Å². The van der Waals surface area contributed by atoms with E-state index in [1.165, 1.54) is 12.1 Å². The largest absolute Gasteiger partial charge is 0.379 e. The first-order valence-corrected chi connectivity index (χ1v) is 10.0. The Morgan fingerprint density at radius 3 is 2.47 bits per heavy atom. The minimum atomic E-state index is -0.255. The van der Waals surface area contributed by atoms with Crippen molar-refractivity contribution in [2.45, 2.75) is 6.04 Å². The summed E-state index contributed by atoms with van der Waals surface area (Å²) in [6.45, 7) is 3.60. The van der Waals surface area contributed by atoms with E-state index in [0.29, 0.717) is 25.7 Å². The molecular formula is C22H28FN5O2. The monoisotopic (exact) mass is 413 g/mol. The Kier molecular flexibility index (Phi) is 8.17. The molecule has 3 N–H and O–H groups in total. The van der Waals surface area contributed by atoms with Crippen molar-refractivity contribution in [2.75, 3.05) is 51.8 Å². The number of nitrogens with zero attached hydrogens (tertiary/aromatic N) is 2. The van der Waals surface area contributed by atoms with Gasteiger partial charge in [0.05, 0.1) is 25.8 Å². The molecule has 0 saturated carbocycles. The molecule has 30 heavy (non-hydrogen) atoms. The second kappa shape index (κ2) is 11.3. The van der Waals surface area contributed by atoms with Crippen LogP contribution in [0.25, 0.3) is 0 Å². The van der Waals surface area contributed by atoms with Crippen molar-refractivity contribution in [1.29, 1.82) is 0 Å². The summed E-state index contributed by atoms with van der Waals surface area (Å²) in [4.78, 5) is 18.7. The molecule has 0 radical (unpaired) electrons. The molecule has 7 nitrogen and oxygen atoms in total. The summed E-state index contributed by atoms with van der Waals surface area (Å²) in [5, 5.41) is 9.14. The fraction of sp³-hybridized carbons (Fsp3) is 0.364. The van der Waals surface area contributed by atoms with Gasteiger partial charge in [-0.3, -0.25) is 14.7 Å². The number of rotatable bonds is 7. The number of ether oxygens (including phenoxy) is 1. The molecular weight excluding hydrogens is 385 g/mol. The summed E-state index contributed by atoms with van der Waals surface area (Å²) < 4.78 is 18.8. The van der Waals surface area contributed by atoms with Crippen LogP contribution in [0.15, 0.2) is 59.6 Å². The Morgan fingerprint density at radius 2 is 1.80 bits per heavy atom. The number of para-hydroxylation sites is 1. The quantitative estimate of drug-likeness (QED) is 0.478. The normalized spacial score (nSPS) is 16.0. The molecule has 3 rings (SSSR count). The third kappa shape index (κ3) is 6.53. The minimum absolute atomic E-state index is 0.0335. The predicted molar refractivity (Wildman–Crippen MR) is 116 cm³/mol. The summed E-state index contributed by atoms with van der Waals surface area (Å²) >= 11 is 0. The van der Waals surface area contributed by atoms with Crippen molar-refractivity contribution in [2.24, 2.45) is 4.99 Å². The number of halogens is 1. The molecule has 1 heterocycles. The fourth-order valence-electron chi connectivity index (χ4n) is 3.34. The maximum absolute atomic E-state index is 13.4. The average molecular weight is 413 g/mol. The highest BCUT2D eigenvalue weighted by molar-refractivity contribution is 5.94. The molecule has 1 aliphatic heterocycles. The number of aliphatic imine (C=N–C) groups is 1. The van der Waals surface area contributed by atoms with E-state index in [1.54, 1.807) is 19.2 Å². The summed E-state index contributed by atoms with van der Waals surface area (Å²) in [5.74, 6) is 0.111. The Labute approximate surface area is 176 Å². The van der Waals surface area contributed by atoms with Crippen LogP contribution in [0.2, 0.25) is 0 Å². The van der Waals surface area contributed by atoms with Crippen molar-refractivity contribution >= 4 is 17.6 Å². The maximum Gasteiger partial charge on any atom is 0.243 e. The van der Waals surface area contributed by atoms with Crippen molar-refractivity contribution in [3.05, 3.63) is 66.0 Å². The van der Waals surface area contributed by atoms with Crippen LogP contribution < -0.4 is 16.0 Å². The van der Waals surface area contributed by atoms with Crippen LogP contribution in [-0.4, -0.2) is 63.2 Å². The van der Waals surface area contributed by atoms with Gasteiger partial charge in [0.25, 0.3) is 0 Å². The van der Waals surface area contributed by atoms with Crippen LogP contribution in [0.5, 0.6) is 0 Å². The third-order valence-electron chi connectivity index (χ3n) is 4.90. The van der Waals surface area contributed by atoms with E-state index in [1.807, 2.05) is 30.3 Å². The highest BCUT2D eigenvalue weighted by Gasteiger charge is 2.23. The molecule has 1 unspecified atom stereocenters. The van der Waals surface area contributed by atoms with Gasteiger partial charge in [-0.25, -0.2) is 4.39 Å². The summed E-state index contributed by atoms with van der Waals surface area (Å²) in [6.07, 6.45) is 0. The molecule has 0 aliphatic carbocycles. The van der Waals surface area contributed by atoms with E-state index in [-0.39, 0.29) is 24.3 Å². The Hall–Kier alpha value is -2.97. The van der Waals surface area contributed by atoms with Gasteiger partial charge in [0.15, 0.2) is 5.96 Å². The SMILES string of the molecule is CN=C(NCC(=O)Nc1ccccc1)NCC(c1ccc(F)cc1)N1CCOCC1. The van der Waals surface area contributed by atoms with E-state index in [9.17, 15) is 9.18 Å². The molecule has 160 valence electrons. The molecule has 1 fully saturated rings. The van der Waals surface area contributed by atoms with E-state index < -0.39 is 0 Å². The molecule has 0 spiro atoms. The number of benzene rings is 2. The summed E-state index contributed by atoms with van der Waals surface area (Å²) in [6, 6.07) is 15.9. The minimum Gasteiger partial charge on any atom is -0.379 e. The fourth-order valence-corrected chi connectivity index (χ4v) is 3.34. The van der Waals surface area contributed by atoms with Gasteiger partial charge in [0.2, 0.25) is 5.91 Å². The van der Waals surface area contributed by atoms with Gasteiger partial charge in [-0.15, -0.1) is 0 Å². The topological polar surface area (TPSA) is 78.0 Å². The number of morpholine rings is 1. The van der Waals surface area contributed by atoms with Gasteiger partial charge >= 0.3 is 0 Å². The Bertz CT molecular complexity index is 823. The van der Waals surface area contributed by atoms with Crippen molar-refractivity contribution < 1.29 is 13.9 Å². The highest BCUT2D eigenvalue weighted by Crippen LogP contribution is 2.21. The number of guanidine groups is 1. The predicted octanol–water partition coefficient (Wildman–Crippen LogP) is 2.00. The van der Waals surface area contributed by atoms with Gasteiger partial charge in [0, 0.05) is 32.4 Å². The zero-order valence-corrected chi connectivity index (χ0v) is 17.1. The summed E-state index contributed by atoms with van der Waals surface area (Å²) in [5.41, 5.74) is 1.76. The highest BCUT2D eigenvalue weighted by atomic mass is 19.1. The van der Waals surface area contributed by atoms with Gasteiger partial charge in [-0.05, 0) is 29.8 Å². The Morgan fingerprint density at radius 1 is 1.10 bits per heavy atom. The van der Waals surface area contributed by atoms with Crippen molar-refractivity contribution in [3.8, 4) is 0 Å². The summed E-state index contributed by atoms with van der Waals surface area (Å²) in [7, 11) is 1.66. The Balaban J connectivity index is 1.56. The van der Waals surface area contributed by atoms with Gasteiger partial charge in [0.1, 0.15) is 5.82 Å². The number of carbonyl (C=O) groups excluding carboxylic acids is 1. The lowest BCUT2D eigenvalue weighted by Crippen LogP contribution is -2.47. The van der Waals surface area contributed by atoms with Gasteiger partial charge in [-0.2, -0.15) is 0 Å². The molecule has 0 bridgehead atoms. The van der Waals surface area contributed by atoms with Gasteiger partial charge < -0.3 is 20.7 Å². The molecule has 1 amide bonds. The average Bonchev–Trinajstić information content (AvgIpc) is 2.78. The molecule has 1 aliphatic rings. The lowest BCUT2D eigenvalue weighted by atomic mass is 10.0. The first-order valence-electron chi connectivity index (χ1n) is 10.0. The van der Waals surface area contributed by atoms with Crippen molar-refractivity contribution in [3.63, 3.8) is 0 Å². The van der Waals surface area contributed by atoms with Gasteiger partial charge in [-0.1, -0.05) is 30.3 Å². The zero-order chi connectivity index (χ0) is 21.2. The molecule has 1 atom stereocenters. The molecule has 0 aromatic heterocycles. The third-order valence-corrected chi connectivity index (χ3v) is 4.90. The number of nitrogens with one attached hydrogen (secondary N) is 3. The molecule has 1 saturated heterocycles. The zero-order valence-electron chi connectivity index (χ0n) is 17.1. The van der Waals surface area contributed by atoms with E-state index >= 15 is 0 Å². The lowest BCUT2D eigenvalue weighted by molar-refractivity contribution is -0.115. The number of carbonyl (C=O) groups is 1. The van der Waals surface area contributed by atoms with Crippen LogP contribution in [0, 0.1) is 5.82 Å². The first-order chi connectivity index (χ1) is 14.7. The van der Waals surface area contributed by atoms with E-state index in [4.69, 9.17) is 4.74 Å². The van der Waals surface area contributed by atoms with E-state index in [2.05, 4.69) is 25.8 Å². The smallest absolute Gasteiger partial charge is 0.243 e. The van der Waals surface area contributed by atoms with Crippen LogP contribution in [-0.2, 0) is 9.53 Å². The number of hydrogen-bond donors (Lipinski definition) is 3. The molecule has 2 aromatic rings. The van der Waals surface area contributed by atoms with Crippen LogP contribution in [0.4, 0.5) is 10.1 Å². The maximum atomic E-state index is 13.4.